The van der Waals surface area contributed by atoms with Gasteiger partial charge in [-0.25, -0.2) is 0 Å². The van der Waals surface area contributed by atoms with E-state index in [9.17, 15) is 4.79 Å². The first-order valence-corrected chi connectivity index (χ1v) is 5.05. The van der Waals surface area contributed by atoms with Crippen LogP contribution in [0.2, 0.25) is 0 Å². The molecule has 0 fully saturated rings. The van der Waals surface area contributed by atoms with Gasteiger partial charge >= 0.3 is 0 Å². The van der Waals surface area contributed by atoms with Crippen LogP contribution in [0.5, 0.6) is 0 Å². The second-order valence-corrected chi connectivity index (χ2v) is 3.71. The predicted molar refractivity (Wildman–Crippen MR) is 63.1 cm³/mol. The molecule has 0 bridgehead atoms. The number of aromatic nitrogens is 2. The number of nitrogens with zero attached hydrogens (tertiary/aromatic N) is 1. The van der Waals surface area contributed by atoms with Crippen LogP contribution < -0.4 is 5.32 Å². The molecule has 0 aliphatic carbocycles. The number of hydrogen-bond acceptors (Lipinski definition) is 2. The lowest BCUT2D eigenvalue weighted by Gasteiger charge is -1.97. The van der Waals surface area contributed by atoms with E-state index in [2.05, 4.69) is 15.5 Å². The maximum atomic E-state index is 10.8. The summed E-state index contributed by atoms with van der Waals surface area (Å²) in [6, 6.07) is 9.91. The van der Waals surface area contributed by atoms with Gasteiger partial charge in [-0.1, -0.05) is 29.8 Å². The lowest BCUT2D eigenvalue weighted by atomic mass is 10.1. The molecule has 4 heteroatoms. The quantitative estimate of drug-likeness (QED) is 0.807. The molecule has 0 aliphatic heterocycles. The fourth-order valence-electron chi connectivity index (χ4n) is 1.45. The summed E-state index contributed by atoms with van der Waals surface area (Å²) in [5, 5.41) is 9.51. The third kappa shape index (κ3) is 2.28. The van der Waals surface area contributed by atoms with Crippen molar-refractivity contribution in [3.05, 3.63) is 35.9 Å². The van der Waals surface area contributed by atoms with Crippen LogP contribution in [-0.4, -0.2) is 16.1 Å². The van der Waals surface area contributed by atoms with Gasteiger partial charge in [0.25, 0.3) is 0 Å². The predicted octanol–water partition coefficient (Wildman–Crippen LogP) is 2.34. The summed E-state index contributed by atoms with van der Waals surface area (Å²) < 4.78 is 0. The van der Waals surface area contributed by atoms with Gasteiger partial charge in [0.2, 0.25) is 5.91 Å². The third-order valence-electron chi connectivity index (χ3n) is 2.24. The molecule has 0 unspecified atom stereocenters. The van der Waals surface area contributed by atoms with Crippen LogP contribution in [0.4, 0.5) is 5.82 Å². The molecule has 2 rings (SSSR count). The van der Waals surface area contributed by atoms with E-state index in [1.54, 1.807) is 0 Å². The summed E-state index contributed by atoms with van der Waals surface area (Å²) in [5.41, 5.74) is 3.16. The van der Waals surface area contributed by atoms with E-state index in [-0.39, 0.29) is 5.91 Å². The number of H-pyrrole nitrogens is 1. The molecular formula is C12H13N3O. The third-order valence-corrected chi connectivity index (χ3v) is 2.24. The molecule has 2 N–H and O–H groups in total. The van der Waals surface area contributed by atoms with Crippen molar-refractivity contribution in [3.63, 3.8) is 0 Å². The number of rotatable bonds is 2. The van der Waals surface area contributed by atoms with Gasteiger partial charge in [-0.15, -0.1) is 0 Å². The molecular weight excluding hydrogens is 202 g/mol. The van der Waals surface area contributed by atoms with E-state index in [1.807, 2.05) is 37.3 Å². The Labute approximate surface area is 93.7 Å². The van der Waals surface area contributed by atoms with Crippen LogP contribution in [0.1, 0.15) is 12.5 Å². The normalized spacial score (nSPS) is 10.1. The Morgan fingerprint density at radius 1 is 1.31 bits per heavy atom. The molecule has 1 aromatic carbocycles. The van der Waals surface area contributed by atoms with Crippen molar-refractivity contribution >= 4 is 11.7 Å². The Balaban J connectivity index is 2.24. The lowest BCUT2D eigenvalue weighted by Crippen LogP contribution is -2.05. The Bertz CT molecular complexity index is 499. The number of aryl methyl sites for hydroxylation is 1. The minimum Gasteiger partial charge on any atom is -0.309 e. The van der Waals surface area contributed by atoms with E-state index in [4.69, 9.17) is 0 Å². The number of carbonyl (C=O) groups excluding carboxylic acids is 1. The molecule has 0 atom stereocenters. The molecule has 16 heavy (non-hydrogen) atoms. The Hall–Kier alpha value is -2.10. The smallest absolute Gasteiger partial charge is 0.222 e. The van der Waals surface area contributed by atoms with Crippen LogP contribution in [0.25, 0.3) is 11.3 Å². The van der Waals surface area contributed by atoms with Gasteiger partial charge in [-0.2, -0.15) is 5.10 Å². The lowest BCUT2D eigenvalue weighted by molar-refractivity contribution is -0.114. The van der Waals surface area contributed by atoms with Crippen LogP contribution >= 0.6 is 0 Å². The SMILES string of the molecule is CC(=O)Nc1cc(-c2ccc(C)cc2)[nH]n1. The van der Waals surface area contributed by atoms with Crippen molar-refractivity contribution in [3.8, 4) is 11.3 Å². The second kappa shape index (κ2) is 4.18. The van der Waals surface area contributed by atoms with Gasteiger partial charge in [-0.05, 0) is 12.5 Å². The van der Waals surface area contributed by atoms with Crippen molar-refractivity contribution in [1.29, 1.82) is 0 Å². The van der Waals surface area contributed by atoms with E-state index in [0.29, 0.717) is 5.82 Å². The zero-order valence-corrected chi connectivity index (χ0v) is 9.24. The molecule has 1 aromatic heterocycles. The fraction of sp³-hybridized carbons (Fsp3) is 0.167. The summed E-state index contributed by atoms with van der Waals surface area (Å²) in [5.74, 6) is 0.421. The molecule has 0 spiro atoms. The maximum absolute atomic E-state index is 10.8. The highest BCUT2D eigenvalue weighted by molar-refractivity contribution is 5.88. The van der Waals surface area contributed by atoms with Crippen molar-refractivity contribution in [2.45, 2.75) is 13.8 Å². The highest BCUT2D eigenvalue weighted by atomic mass is 16.1. The van der Waals surface area contributed by atoms with Gasteiger partial charge in [0.1, 0.15) is 0 Å². The van der Waals surface area contributed by atoms with Crippen LogP contribution in [0.15, 0.2) is 30.3 Å². The summed E-state index contributed by atoms with van der Waals surface area (Å²) >= 11 is 0. The standard InChI is InChI=1S/C12H13N3O/c1-8-3-5-10(6-4-8)11-7-12(15-14-11)13-9(2)16/h3-7H,1-2H3,(H2,13,14,15,16). The molecule has 2 aromatic rings. The zero-order valence-electron chi connectivity index (χ0n) is 9.24. The molecule has 0 aliphatic rings. The van der Waals surface area contributed by atoms with Crippen LogP contribution in [-0.2, 0) is 4.79 Å². The zero-order chi connectivity index (χ0) is 11.5. The number of aromatic amines is 1. The van der Waals surface area contributed by atoms with E-state index in [0.717, 1.165) is 11.3 Å². The maximum Gasteiger partial charge on any atom is 0.222 e. The second-order valence-electron chi connectivity index (χ2n) is 3.71. The van der Waals surface area contributed by atoms with Gasteiger partial charge < -0.3 is 5.32 Å². The molecule has 4 nitrogen and oxygen atoms in total. The minimum atomic E-state index is -0.123. The largest absolute Gasteiger partial charge is 0.309 e. The van der Waals surface area contributed by atoms with E-state index < -0.39 is 0 Å². The molecule has 1 amide bonds. The van der Waals surface area contributed by atoms with Crippen LogP contribution in [0.3, 0.4) is 0 Å². The van der Waals surface area contributed by atoms with Gasteiger partial charge in [-0.3, -0.25) is 9.89 Å². The first-order valence-electron chi connectivity index (χ1n) is 5.05. The van der Waals surface area contributed by atoms with Crippen LogP contribution in [0, 0.1) is 6.92 Å². The highest BCUT2D eigenvalue weighted by Crippen LogP contribution is 2.19. The summed E-state index contributed by atoms with van der Waals surface area (Å²) in [4.78, 5) is 10.8. The fourth-order valence-corrected chi connectivity index (χ4v) is 1.45. The van der Waals surface area contributed by atoms with Crippen molar-refractivity contribution in [1.82, 2.24) is 10.2 Å². The van der Waals surface area contributed by atoms with Crippen molar-refractivity contribution in [2.24, 2.45) is 0 Å². The van der Waals surface area contributed by atoms with Gasteiger partial charge in [0.15, 0.2) is 5.82 Å². The van der Waals surface area contributed by atoms with Crippen molar-refractivity contribution in [2.75, 3.05) is 5.32 Å². The van der Waals surface area contributed by atoms with E-state index in [1.165, 1.54) is 12.5 Å². The molecule has 0 saturated carbocycles. The Morgan fingerprint density at radius 3 is 2.62 bits per heavy atom. The van der Waals surface area contributed by atoms with Gasteiger partial charge in [0, 0.05) is 13.0 Å². The Morgan fingerprint density at radius 2 is 2.00 bits per heavy atom. The number of anilines is 1. The number of amides is 1. The average molecular weight is 215 g/mol. The minimum absolute atomic E-state index is 0.123. The first-order chi connectivity index (χ1) is 7.65. The summed E-state index contributed by atoms with van der Waals surface area (Å²) in [7, 11) is 0. The number of nitrogens with one attached hydrogen (secondary N) is 2. The van der Waals surface area contributed by atoms with E-state index >= 15 is 0 Å². The number of carbonyl (C=O) groups is 1. The molecule has 0 saturated heterocycles. The van der Waals surface area contributed by atoms with Crippen molar-refractivity contribution < 1.29 is 4.79 Å². The topological polar surface area (TPSA) is 57.8 Å². The molecule has 82 valence electrons. The highest BCUT2D eigenvalue weighted by Gasteiger charge is 2.03. The average Bonchev–Trinajstić information content (AvgIpc) is 2.66. The summed E-state index contributed by atoms with van der Waals surface area (Å²) in [6.45, 7) is 3.50. The number of benzene rings is 1. The molecule has 1 heterocycles. The summed E-state index contributed by atoms with van der Waals surface area (Å²) in [6.07, 6.45) is 0. The Kier molecular flexibility index (Phi) is 2.72. The molecule has 0 radical (unpaired) electrons. The monoisotopic (exact) mass is 215 g/mol. The number of hydrogen-bond donors (Lipinski definition) is 2. The first kappa shape index (κ1) is 10.4. The van der Waals surface area contributed by atoms with Gasteiger partial charge in [0.05, 0.1) is 5.69 Å².